The van der Waals surface area contributed by atoms with Gasteiger partial charge in [0.1, 0.15) is 5.75 Å². The highest BCUT2D eigenvalue weighted by Crippen LogP contribution is 2.24. The smallest absolute Gasteiger partial charge is 0.129 e. The fourth-order valence-corrected chi connectivity index (χ4v) is 2.14. The highest BCUT2D eigenvalue weighted by atomic mass is 79.9. The van der Waals surface area contributed by atoms with Crippen LogP contribution in [0.4, 0.5) is 0 Å². The number of phenols is 1. The van der Waals surface area contributed by atoms with Crippen LogP contribution in [-0.4, -0.2) is 23.4 Å². The predicted molar refractivity (Wildman–Crippen MR) is 73.0 cm³/mol. The van der Waals surface area contributed by atoms with Gasteiger partial charge in [0.05, 0.1) is 4.47 Å². The van der Waals surface area contributed by atoms with Crippen molar-refractivity contribution < 1.29 is 10.2 Å². The molecular weight excluding hydrogens is 282 g/mol. The molecule has 0 radical (unpaired) electrons. The van der Waals surface area contributed by atoms with E-state index in [1.54, 1.807) is 6.07 Å². The summed E-state index contributed by atoms with van der Waals surface area (Å²) in [5, 5.41) is 21.6. The van der Waals surface area contributed by atoms with E-state index in [1.165, 1.54) is 0 Å². The van der Waals surface area contributed by atoms with Crippen LogP contribution in [0.15, 0.2) is 22.7 Å². The molecule has 4 heteroatoms. The molecule has 0 saturated heterocycles. The molecule has 3 N–H and O–H groups in total. The zero-order valence-corrected chi connectivity index (χ0v) is 11.7. The first kappa shape index (κ1) is 14.5. The summed E-state index contributed by atoms with van der Waals surface area (Å²) in [6, 6.07) is 5.50. The Kier molecular flexibility index (Phi) is 6.55. The molecule has 0 spiro atoms. The largest absolute Gasteiger partial charge is 0.507 e. The molecule has 1 atom stereocenters. The SMILES string of the molecule is CCC(CCO)CNCc1ccc(O)c(Br)c1. The molecule has 1 rings (SSSR count). The molecule has 0 saturated carbocycles. The minimum absolute atomic E-state index is 0.255. The van der Waals surface area contributed by atoms with Crippen LogP contribution in [-0.2, 0) is 6.54 Å². The Bertz CT molecular complexity index is 344. The van der Waals surface area contributed by atoms with Gasteiger partial charge < -0.3 is 15.5 Å². The van der Waals surface area contributed by atoms with Crippen LogP contribution < -0.4 is 5.32 Å². The molecule has 0 fully saturated rings. The quantitative estimate of drug-likeness (QED) is 0.726. The average Bonchev–Trinajstić information content (AvgIpc) is 2.32. The van der Waals surface area contributed by atoms with E-state index in [9.17, 15) is 5.11 Å². The van der Waals surface area contributed by atoms with Gasteiger partial charge in [-0.05, 0) is 52.5 Å². The highest BCUT2D eigenvalue weighted by Gasteiger charge is 2.05. The standard InChI is InChI=1S/C13H20BrNO2/c1-2-10(5-6-16)8-15-9-11-3-4-13(17)12(14)7-11/h3-4,7,10,15-17H,2,5-6,8-9H2,1H3. The van der Waals surface area contributed by atoms with Crippen molar-refractivity contribution >= 4 is 15.9 Å². The van der Waals surface area contributed by atoms with E-state index in [0.29, 0.717) is 5.92 Å². The van der Waals surface area contributed by atoms with Crippen molar-refractivity contribution in [3.8, 4) is 5.75 Å². The average molecular weight is 302 g/mol. The summed E-state index contributed by atoms with van der Waals surface area (Å²) in [6.45, 7) is 4.08. The van der Waals surface area contributed by atoms with Crippen LogP contribution in [0.3, 0.4) is 0 Å². The lowest BCUT2D eigenvalue weighted by molar-refractivity contribution is 0.251. The number of phenolic OH excluding ortho intramolecular Hbond substituents is 1. The minimum Gasteiger partial charge on any atom is -0.507 e. The lowest BCUT2D eigenvalue weighted by atomic mass is 10.0. The van der Waals surface area contributed by atoms with Crippen LogP contribution in [0.25, 0.3) is 0 Å². The van der Waals surface area contributed by atoms with E-state index in [0.717, 1.165) is 36.0 Å². The molecule has 3 nitrogen and oxygen atoms in total. The Hall–Kier alpha value is -0.580. The fourth-order valence-electron chi connectivity index (χ4n) is 1.71. The van der Waals surface area contributed by atoms with Gasteiger partial charge in [-0.3, -0.25) is 0 Å². The second-order valence-electron chi connectivity index (χ2n) is 4.20. The van der Waals surface area contributed by atoms with E-state index in [-0.39, 0.29) is 12.4 Å². The van der Waals surface area contributed by atoms with Crippen molar-refractivity contribution in [3.63, 3.8) is 0 Å². The number of aromatic hydroxyl groups is 1. The van der Waals surface area contributed by atoms with Crippen LogP contribution in [0, 0.1) is 5.92 Å². The molecule has 1 unspecified atom stereocenters. The van der Waals surface area contributed by atoms with E-state index in [4.69, 9.17) is 5.11 Å². The maximum Gasteiger partial charge on any atom is 0.129 e. The van der Waals surface area contributed by atoms with E-state index in [2.05, 4.69) is 28.2 Å². The summed E-state index contributed by atoms with van der Waals surface area (Å²) in [7, 11) is 0. The van der Waals surface area contributed by atoms with Gasteiger partial charge in [0.2, 0.25) is 0 Å². The molecule has 17 heavy (non-hydrogen) atoms. The lowest BCUT2D eigenvalue weighted by Gasteiger charge is -2.14. The van der Waals surface area contributed by atoms with Crippen LogP contribution in [0.2, 0.25) is 0 Å². The Labute approximate surface area is 111 Å². The third-order valence-corrected chi connectivity index (χ3v) is 3.52. The predicted octanol–water partition coefficient (Wildman–Crippen LogP) is 2.65. The second-order valence-corrected chi connectivity index (χ2v) is 5.06. The molecule has 0 aliphatic rings. The third kappa shape index (κ3) is 5.06. The fraction of sp³-hybridized carbons (Fsp3) is 0.538. The number of rotatable bonds is 7. The van der Waals surface area contributed by atoms with Crippen LogP contribution >= 0.6 is 15.9 Å². The molecule has 0 aliphatic heterocycles. The number of aliphatic hydroxyl groups is 1. The maximum atomic E-state index is 9.37. The summed E-state index contributed by atoms with van der Waals surface area (Å²) < 4.78 is 0.721. The Morgan fingerprint density at radius 1 is 1.41 bits per heavy atom. The normalized spacial score (nSPS) is 12.6. The van der Waals surface area contributed by atoms with Crippen molar-refractivity contribution in [2.24, 2.45) is 5.92 Å². The molecule has 0 amide bonds. The van der Waals surface area contributed by atoms with Crippen molar-refractivity contribution in [1.82, 2.24) is 5.32 Å². The van der Waals surface area contributed by atoms with Gasteiger partial charge in [0, 0.05) is 13.2 Å². The molecule has 0 aliphatic carbocycles. The van der Waals surface area contributed by atoms with Crippen LogP contribution in [0.1, 0.15) is 25.3 Å². The first-order chi connectivity index (χ1) is 8.17. The topological polar surface area (TPSA) is 52.5 Å². The summed E-state index contributed by atoms with van der Waals surface area (Å²) in [6.07, 6.45) is 1.93. The van der Waals surface area contributed by atoms with E-state index >= 15 is 0 Å². The minimum atomic E-state index is 0.255. The summed E-state index contributed by atoms with van der Waals surface area (Å²) in [4.78, 5) is 0. The Balaban J connectivity index is 2.37. The molecule has 1 aromatic rings. The second kappa shape index (κ2) is 7.69. The van der Waals surface area contributed by atoms with Gasteiger partial charge >= 0.3 is 0 Å². The summed E-state index contributed by atoms with van der Waals surface area (Å²) >= 11 is 3.29. The zero-order valence-electron chi connectivity index (χ0n) is 10.1. The zero-order chi connectivity index (χ0) is 12.7. The van der Waals surface area contributed by atoms with Gasteiger partial charge in [0.15, 0.2) is 0 Å². The number of benzene rings is 1. The Morgan fingerprint density at radius 2 is 2.18 bits per heavy atom. The molecular formula is C13H20BrNO2. The third-order valence-electron chi connectivity index (χ3n) is 2.89. The summed E-state index contributed by atoms with van der Waals surface area (Å²) in [5.74, 6) is 0.793. The van der Waals surface area contributed by atoms with Gasteiger partial charge in [0.25, 0.3) is 0 Å². The number of aliphatic hydroxyl groups excluding tert-OH is 1. The highest BCUT2D eigenvalue weighted by molar-refractivity contribution is 9.10. The number of hydrogen-bond acceptors (Lipinski definition) is 3. The van der Waals surface area contributed by atoms with Crippen LogP contribution in [0.5, 0.6) is 5.75 Å². The number of halogens is 1. The lowest BCUT2D eigenvalue weighted by Crippen LogP contribution is -2.22. The molecule has 1 aromatic carbocycles. The van der Waals surface area contributed by atoms with Gasteiger partial charge in [-0.25, -0.2) is 0 Å². The molecule has 0 heterocycles. The van der Waals surface area contributed by atoms with Crippen molar-refractivity contribution in [2.75, 3.05) is 13.2 Å². The molecule has 0 aromatic heterocycles. The molecule has 0 bridgehead atoms. The summed E-state index contributed by atoms with van der Waals surface area (Å²) in [5.41, 5.74) is 1.13. The first-order valence-electron chi connectivity index (χ1n) is 5.96. The van der Waals surface area contributed by atoms with E-state index in [1.807, 2.05) is 12.1 Å². The number of nitrogens with one attached hydrogen (secondary N) is 1. The van der Waals surface area contributed by atoms with Gasteiger partial charge in [-0.2, -0.15) is 0 Å². The monoisotopic (exact) mass is 301 g/mol. The Morgan fingerprint density at radius 3 is 2.76 bits per heavy atom. The van der Waals surface area contributed by atoms with Crippen molar-refractivity contribution in [2.45, 2.75) is 26.3 Å². The van der Waals surface area contributed by atoms with Crippen molar-refractivity contribution in [1.29, 1.82) is 0 Å². The first-order valence-corrected chi connectivity index (χ1v) is 6.75. The van der Waals surface area contributed by atoms with Gasteiger partial charge in [-0.1, -0.05) is 19.4 Å². The van der Waals surface area contributed by atoms with Gasteiger partial charge in [-0.15, -0.1) is 0 Å². The van der Waals surface area contributed by atoms with E-state index < -0.39 is 0 Å². The maximum absolute atomic E-state index is 9.37. The number of hydrogen-bond donors (Lipinski definition) is 3. The van der Waals surface area contributed by atoms with Crippen molar-refractivity contribution in [3.05, 3.63) is 28.2 Å². The molecule has 96 valence electrons.